The van der Waals surface area contributed by atoms with Gasteiger partial charge in [0, 0.05) is 36.6 Å². The Balaban J connectivity index is 2.05. The Hall–Kier alpha value is -3.10. The SMILES string of the molecule is COc1cc(OC)c(C2CCN(C)CC2OC(C)=O)c(O)c1C(=O)CC(=O)c1ccccc1Cl. The molecule has 1 heterocycles. The van der Waals surface area contributed by atoms with Crippen LogP contribution >= 0.6 is 11.6 Å². The van der Waals surface area contributed by atoms with Gasteiger partial charge >= 0.3 is 5.97 Å². The second-order valence-electron chi connectivity index (χ2n) is 8.23. The van der Waals surface area contributed by atoms with Crippen molar-refractivity contribution in [1.82, 2.24) is 4.90 Å². The summed E-state index contributed by atoms with van der Waals surface area (Å²) in [4.78, 5) is 39.8. The van der Waals surface area contributed by atoms with Crippen LogP contribution in [0.2, 0.25) is 5.02 Å². The largest absolute Gasteiger partial charge is 0.507 e. The van der Waals surface area contributed by atoms with Crippen molar-refractivity contribution >= 4 is 29.1 Å². The van der Waals surface area contributed by atoms with Gasteiger partial charge in [0.1, 0.15) is 28.9 Å². The van der Waals surface area contributed by atoms with Crippen LogP contribution in [0.4, 0.5) is 0 Å². The lowest BCUT2D eigenvalue weighted by molar-refractivity contribution is -0.149. The van der Waals surface area contributed by atoms with E-state index in [2.05, 4.69) is 0 Å². The monoisotopic (exact) mass is 489 g/mol. The molecule has 2 aromatic rings. The number of phenols is 1. The van der Waals surface area contributed by atoms with E-state index in [0.717, 1.165) is 0 Å². The van der Waals surface area contributed by atoms with Gasteiger partial charge in [-0.15, -0.1) is 0 Å². The fraction of sp³-hybridized carbons (Fsp3) is 0.400. The predicted octanol–water partition coefficient (Wildman–Crippen LogP) is 3.87. The molecule has 9 heteroatoms. The van der Waals surface area contributed by atoms with Crippen molar-refractivity contribution in [1.29, 1.82) is 0 Å². The number of carbonyl (C=O) groups is 3. The topological polar surface area (TPSA) is 102 Å². The van der Waals surface area contributed by atoms with E-state index < -0.39 is 36.0 Å². The average Bonchev–Trinajstić information content (AvgIpc) is 2.78. The molecule has 1 fully saturated rings. The lowest BCUT2D eigenvalue weighted by atomic mass is 9.83. The molecule has 8 nitrogen and oxygen atoms in total. The van der Waals surface area contributed by atoms with Crippen LogP contribution in [0.3, 0.4) is 0 Å². The van der Waals surface area contributed by atoms with E-state index in [1.54, 1.807) is 18.2 Å². The molecule has 0 bridgehead atoms. The number of aromatic hydroxyl groups is 1. The quantitative estimate of drug-likeness (QED) is 0.338. The van der Waals surface area contributed by atoms with Gasteiger partial charge in [-0.05, 0) is 32.1 Å². The maximum atomic E-state index is 13.2. The zero-order valence-electron chi connectivity index (χ0n) is 19.6. The van der Waals surface area contributed by atoms with E-state index in [1.165, 1.54) is 33.3 Å². The van der Waals surface area contributed by atoms with Crippen LogP contribution in [0, 0.1) is 0 Å². The van der Waals surface area contributed by atoms with Crippen LogP contribution in [-0.4, -0.2) is 68.0 Å². The minimum atomic E-state index is -0.625. The normalized spacial score (nSPS) is 18.3. The number of phenolic OH excluding ortho intramolecular Hbond substituents is 1. The number of esters is 1. The summed E-state index contributed by atoms with van der Waals surface area (Å²) in [7, 11) is 4.71. The number of likely N-dealkylation sites (N-methyl/N-ethyl adjacent to an activating group) is 1. The number of methoxy groups -OCH3 is 2. The first-order valence-electron chi connectivity index (χ1n) is 10.8. The number of rotatable bonds is 8. The molecule has 0 saturated carbocycles. The number of ether oxygens (including phenoxy) is 3. The van der Waals surface area contributed by atoms with Crippen LogP contribution in [-0.2, 0) is 9.53 Å². The molecule has 3 rings (SSSR count). The number of Topliss-reactive ketones (excluding diaryl/α,β-unsaturated/α-hetero) is 2. The number of piperidine rings is 1. The molecule has 0 aromatic heterocycles. The summed E-state index contributed by atoms with van der Waals surface area (Å²) in [5, 5.41) is 11.6. The number of nitrogens with zero attached hydrogens (tertiary/aromatic N) is 1. The Labute approximate surface area is 203 Å². The smallest absolute Gasteiger partial charge is 0.302 e. The molecule has 1 aliphatic heterocycles. The number of halogens is 1. The molecule has 0 spiro atoms. The predicted molar refractivity (Wildman–Crippen MR) is 126 cm³/mol. The second-order valence-corrected chi connectivity index (χ2v) is 8.63. The number of ketones is 2. The Morgan fingerprint density at radius 2 is 1.79 bits per heavy atom. The lowest BCUT2D eigenvalue weighted by Crippen LogP contribution is -2.43. The highest BCUT2D eigenvalue weighted by Gasteiger charge is 2.37. The third kappa shape index (κ3) is 5.34. The molecule has 1 aliphatic rings. The molecule has 2 aromatic carbocycles. The van der Waals surface area contributed by atoms with Crippen LogP contribution < -0.4 is 9.47 Å². The van der Waals surface area contributed by atoms with Gasteiger partial charge in [-0.2, -0.15) is 0 Å². The first-order chi connectivity index (χ1) is 16.2. The van der Waals surface area contributed by atoms with Crippen LogP contribution in [0.15, 0.2) is 30.3 Å². The first-order valence-corrected chi connectivity index (χ1v) is 11.2. The zero-order chi connectivity index (χ0) is 25.0. The number of hydrogen-bond donors (Lipinski definition) is 1. The Morgan fingerprint density at radius 1 is 1.12 bits per heavy atom. The molecule has 1 saturated heterocycles. The van der Waals surface area contributed by atoms with Crippen molar-refractivity contribution in [3.63, 3.8) is 0 Å². The summed E-state index contributed by atoms with van der Waals surface area (Å²) >= 11 is 6.11. The fourth-order valence-electron chi connectivity index (χ4n) is 4.35. The fourth-order valence-corrected chi connectivity index (χ4v) is 4.59. The van der Waals surface area contributed by atoms with E-state index in [9.17, 15) is 19.5 Å². The summed E-state index contributed by atoms with van der Waals surface area (Å²) in [5.41, 5.74) is 0.436. The molecule has 34 heavy (non-hydrogen) atoms. The van der Waals surface area contributed by atoms with Crippen molar-refractivity contribution < 1.29 is 33.7 Å². The van der Waals surface area contributed by atoms with E-state index in [0.29, 0.717) is 30.8 Å². The van der Waals surface area contributed by atoms with E-state index >= 15 is 0 Å². The summed E-state index contributed by atoms with van der Waals surface area (Å²) in [6.07, 6.45) is -0.519. The third-order valence-corrected chi connectivity index (χ3v) is 6.26. The highest BCUT2D eigenvalue weighted by Crippen LogP contribution is 2.46. The standard InChI is InChI=1S/C25H28ClNO7/c1-14(28)34-22-13-27(2)10-9-16(22)23-20(32-3)12-21(33-4)24(25(23)31)19(30)11-18(29)15-7-5-6-8-17(15)26/h5-8,12,16,22,31H,9-11,13H2,1-4H3. The average molecular weight is 490 g/mol. The molecule has 2 atom stereocenters. The van der Waals surface area contributed by atoms with Gasteiger partial charge in [0.25, 0.3) is 0 Å². The molecule has 182 valence electrons. The van der Waals surface area contributed by atoms with Gasteiger partial charge < -0.3 is 24.2 Å². The van der Waals surface area contributed by atoms with E-state index in [1.807, 2.05) is 11.9 Å². The molecular weight excluding hydrogens is 462 g/mol. The molecule has 0 aliphatic carbocycles. The van der Waals surface area contributed by atoms with Crippen molar-refractivity contribution in [3.8, 4) is 17.2 Å². The summed E-state index contributed by atoms with van der Waals surface area (Å²) in [5.74, 6) is -1.95. The zero-order valence-corrected chi connectivity index (χ0v) is 20.3. The Kier molecular flexibility index (Phi) is 8.17. The third-order valence-electron chi connectivity index (χ3n) is 5.93. The number of likely N-dealkylation sites (tertiary alicyclic amines) is 1. The van der Waals surface area contributed by atoms with Crippen LogP contribution in [0.25, 0.3) is 0 Å². The highest BCUT2D eigenvalue weighted by molar-refractivity contribution is 6.34. The molecular formula is C25H28ClNO7. The van der Waals surface area contributed by atoms with Gasteiger partial charge in [0.15, 0.2) is 11.6 Å². The second kappa shape index (κ2) is 10.9. The lowest BCUT2D eigenvalue weighted by Gasteiger charge is -2.37. The maximum absolute atomic E-state index is 13.2. The number of benzene rings is 2. The van der Waals surface area contributed by atoms with Crippen molar-refractivity contribution in [2.24, 2.45) is 0 Å². The molecule has 0 amide bonds. The Bertz CT molecular complexity index is 1100. The summed E-state index contributed by atoms with van der Waals surface area (Å²) in [6, 6.07) is 7.95. The van der Waals surface area contributed by atoms with E-state index in [4.69, 9.17) is 25.8 Å². The van der Waals surface area contributed by atoms with Gasteiger partial charge in [-0.25, -0.2) is 0 Å². The van der Waals surface area contributed by atoms with Gasteiger partial charge in [0.2, 0.25) is 0 Å². The van der Waals surface area contributed by atoms with Gasteiger partial charge in [-0.1, -0.05) is 23.7 Å². The number of carbonyl (C=O) groups excluding carboxylic acids is 3. The Morgan fingerprint density at radius 3 is 2.41 bits per heavy atom. The van der Waals surface area contributed by atoms with Crippen molar-refractivity contribution in [3.05, 3.63) is 52.0 Å². The minimum Gasteiger partial charge on any atom is -0.507 e. The van der Waals surface area contributed by atoms with Crippen molar-refractivity contribution in [2.75, 3.05) is 34.4 Å². The molecule has 0 radical (unpaired) electrons. The minimum absolute atomic E-state index is 0.0759. The van der Waals surface area contributed by atoms with Crippen LogP contribution in [0.5, 0.6) is 17.2 Å². The first kappa shape index (κ1) is 25.5. The molecule has 2 unspecified atom stereocenters. The summed E-state index contributed by atoms with van der Waals surface area (Å²) < 4.78 is 16.4. The van der Waals surface area contributed by atoms with E-state index in [-0.39, 0.29) is 27.6 Å². The summed E-state index contributed by atoms with van der Waals surface area (Å²) in [6.45, 7) is 2.46. The van der Waals surface area contributed by atoms with Crippen molar-refractivity contribution in [2.45, 2.75) is 31.8 Å². The number of hydrogen-bond acceptors (Lipinski definition) is 8. The van der Waals surface area contributed by atoms with Gasteiger partial charge in [-0.3, -0.25) is 14.4 Å². The highest BCUT2D eigenvalue weighted by atomic mass is 35.5. The van der Waals surface area contributed by atoms with Gasteiger partial charge in [0.05, 0.1) is 25.7 Å². The van der Waals surface area contributed by atoms with Crippen LogP contribution in [0.1, 0.15) is 52.0 Å². The maximum Gasteiger partial charge on any atom is 0.302 e. The molecule has 1 N–H and O–H groups in total.